The van der Waals surface area contributed by atoms with E-state index in [-0.39, 0.29) is 5.91 Å². The van der Waals surface area contributed by atoms with Gasteiger partial charge in [-0.05, 0) is 61.2 Å². The Balaban J connectivity index is 1.38. The molecule has 0 aliphatic rings. The van der Waals surface area contributed by atoms with Crippen molar-refractivity contribution >= 4 is 21.8 Å². The monoisotopic (exact) mass is 442 g/mol. The van der Waals surface area contributed by atoms with Crippen LogP contribution in [0.25, 0.3) is 11.4 Å². The number of aryl methyl sites for hydroxylation is 1. The minimum atomic E-state index is 0.0261. The van der Waals surface area contributed by atoms with Crippen LogP contribution in [0.15, 0.2) is 53.0 Å². The number of halogens is 1. The van der Waals surface area contributed by atoms with Gasteiger partial charge in [0, 0.05) is 16.5 Å². The minimum Gasteiger partial charge on any atom is -0.497 e. The van der Waals surface area contributed by atoms with Gasteiger partial charge in [-0.15, -0.1) is 0 Å². The third-order valence-electron chi connectivity index (χ3n) is 4.37. The zero-order valence-electron chi connectivity index (χ0n) is 15.7. The molecule has 146 valence electrons. The van der Waals surface area contributed by atoms with E-state index >= 15 is 0 Å². The van der Waals surface area contributed by atoms with Crippen molar-refractivity contribution in [2.45, 2.75) is 32.2 Å². The number of aromatic amines is 1. The molecule has 0 saturated carbocycles. The van der Waals surface area contributed by atoms with Gasteiger partial charge in [0.1, 0.15) is 11.6 Å². The molecule has 1 aromatic heterocycles. The van der Waals surface area contributed by atoms with Crippen LogP contribution in [-0.2, 0) is 17.8 Å². The Bertz CT molecular complexity index is 892. The molecule has 0 bridgehead atoms. The topological polar surface area (TPSA) is 79.9 Å². The van der Waals surface area contributed by atoms with Gasteiger partial charge >= 0.3 is 0 Å². The molecule has 3 aromatic rings. The molecule has 1 heterocycles. The summed E-state index contributed by atoms with van der Waals surface area (Å²) in [6, 6.07) is 15.8. The van der Waals surface area contributed by atoms with Crippen LogP contribution < -0.4 is 10.1 Å². The van der Waals surface area contributed by atoms with E-state index in [0.717, 1.165) is 35.0 Å². The van der Waals surface area contributed by atoms with Crippen molar-refractivity contribution in [1.82, 2.24) is 20.5 Å². The standard InChI is InChI=1S/C21H23BrN4O2/c1-28-18-12-8-16(9-13-18)21-24-19(25-26-21)14-23-20(27)5-3-2-4-15-6-10-17(22)11-7-15/h6-13H,2-5,14H2,1H3,(H,23,27)(H,24,25,26). The van der Waals surface area contributed by atoms with Gasteiger partial charge in [-0.3, -0.25) is 9.89 Å². The van der Waals surface area contributed by atoms with Gasteiger partial charge in [0.15, 0.2) is 5.82 Å². The summed E-state index contributed by atoms with van der Waals surface area (Å²) in [5.41, 5.74) is 2.18. The predicted molar refractivity (Wildman–Crippen MR) is 112 cm³/mol. The Morgan fingerprint density at radius 2 is 1.86 bits per heavy atom. The van der Waals surface area contributed by atoms with Gasteiger partial charge in [-0.1, -0.05) is 28.1 Å². The summed E-state index contributed by atoms with van der Waals surface area (Å²) in [4.78, 5) is 16.5. The molecule has 0 atom stereocenters. The highest BCUT2D eigenvalue weighted by Crippen LogP contribution is 2.19. The number of H-pyrrole nitrogens is 1. The van der Waals surface area contributed by atoms with Gasteiger partial charge in [0.2, 0.25) is 5.91 Å². The SMILES string of the molecule is COc1ccc(-c2n[nH]c(CNC(=O)CCCCc3ccc(Br)cc3)n2)cc1. The smallest absolute Gasteiger partial charge is 0.220 e. The number of nitrogens with zero attached hydrogens (tertiary/aromatic N) is 2. The fourth-order valence-electron chi connectivity index (χ4n) is 2.78. The summed E-state index contributed by atoms with van der Waals surface area (Å²) in [6.07, 6.45) is 3.33. The van der Waals surface area contributed by atoms with Crippen molar-refractivity contribution in [3.8, 4) is 17.1 Å². The van der Waals surface area contributed by atoms with Crippen LogP contribution in [0.2, 0.25) is 0 Å². The number of carbonyl (C=O) groups excluding carboxylic acids is 1. The molecule has 28 heavy (non-hydrogen) atoms. The van der Waals surface area contributed by atoms with Gasteiger partial charge in [0.05, 0.1) is 13.7 Å². The molecule has 0 unspecified atom stereocenters. The number of ether oxygens (including phenoxy) is 1. The second kappa shape index (κ2) is 10.0. The number of amides is 1. The van der Waals surface area contributed by atoms with Crippen molar-refractivity contribution in [3.63, 3.8) is 0 Å². The average Bonchev–Trinajstić information content (AvgIpc) is 3.20. The minimum absolute atomic E-state index is 0.0261. The van der Waals surface area contributed by atoms with Gasteiger partial charge < -0.3 is 10.1 Å². The summed E-state index contributed by atoms with van der Waals surface area (Å²) in [5.74, 6) is 2.04. The number of benzene rings is 2. The highest BCUT2D eigenvalue weighted by Gasteiger charge is 2.08. The van der Waals surface area contributed by atoms with Crippen molar-refractivity contribution in [2.24, 2.45) is 0 Å². The third-order valence-corrected chi connectivity index (χ3v) is 4.89. The largest absolute Gasteiger partial charge is 0.497 e. The maximum Gasteiger partial charge on any atom is 0.220 e. The van der Waals surface area contributed by atoms with Crippen LogP contribution in [0.5, 0.6) is 5.75 Å². The van der Waals surface area contributed by atoms with E-state index in [9.17, 15) is 4.79 Å². The quantitative estimate of drug-likeness (QED) is 0.484. The lowest BCUT2D eigenvalue weighted by molar-refractivity contribution is -0.121. The predicted octanol–water partition coefficient (Wildman–Crippen LogP) is 4.27. The number of aromatic nitrogens is 3. The Kier molecular flexibility index (Phi) is 7.19. The van der Waals surface area contributed by atoms with Gasteiger partial charge in [-0.2, -0.15) is 5.10 Å². The zero-order chi connectivity index (χ0) is 19.8. The van der Waals surface area contributed by atoms with E-state index in [0.29, 0.717) is 24.6 Å². The molecular weight excluding hydrogens is 420 g/mol. The molecule has 3 rings (SSSR count). The number of rotatable bonds is 9. The van der Waals surface area contributed by atoms with Crippen LogP contribution in [-0.4, -0.2) is 28.2 Å². The number of hydrogen-bond donors (Lipinski definition) is 2. The van der Waals surface area contributed by atoms with E-state index in [1.165, 1.54) is 5.56 Å². The molecule has 7 heteroatoms. The average molecular weight is 443 g/mol. The Hall–Kier alpha value is -2.67. The molecule has 0 saturated heterocycles. The van der Waals surface area contributed by atoms with E-state index in [1.54, 1.807) is 7.11 Å². The maximum atomic E-state index is 12.0. The van der Waals surface area contributed by atoms with Crippen LogP contribution >= 0.6 is 15.9 Å². The van der Waals surface area contributed by atoms with E-state index in [1.807, 2.05) is 36.4 Å². The normalized spacial score (nSPS) is 10.6. The Morgan fingerprint density at radius 3 is 2.57 bits per heavy atom. The Morgan fingerprint density at radius 1 is 1.11 bits per heavy atom. The molecule has 0 fully saturated rings. The van der Waals surface area contributed by atoms with E-state index in [4.69, 9.17) is 4.74 Å². The summed E-state index contributed by atoms with van der Waals surface area (Å²) in [7, 11) is 1.63. The number of hydrogen-bond acceptors (Lipinski definition) is 4. The molecule has 0 aliphatic heterocycles. The number of unbranched alkanes of at least 4 members (excludes halogenated alkanes) is 1. The third kappa shape index (κ3) is 5.92. The van der Waals surface area contributed by atoms with Crippen LogP contribution in [0.4, 0.5) is 0 Å². The lowest BCUT2D eigenvalue weighted by Gasteiger charge is -2.04. The first-order chi connectivity index (χ1) is 13.6. The molecule has 0 radical (unpaired) electrons. The van der Waals surface area contributed by atoms with Crippen LogP contribution in [0.3, 0.4) is 0 Å². The first kappa shape index (κ1) is 20.1. The molecule has 2 aromatic carbocycles. The molecule has 2 N–H and O–H groups in total. The fourth-order valence-corrected chi connectivity index (χ4v) is 3.04. The lowest BCUT2D eigenvalue weighted by Crippen LogP contribution is -2.23. The van der Waals surface area contributed by atoms with Crippen molar-refractivity contribution in [3.05, 3.63) is 64.4 Å². The molecule has 1 amide bonds. The van der Waals surface area contributed by atoms with Crippen LogP contribution in [0, 0.1) is 0 Å². The Labute approximate surface area is 172 Å². The summed E-state index contributed by atoms with van der Waals surface area (Å²) in [5, 5.41) is 9.96. The number of methoxy groups -OCH3 is 1. The fraction of sp³-hybridized carbons (Fsp3) is 0.286. The number of nitrogens with one attached hydrogen (secondary N) is 2. The second-order valence-electron chi connectivity index (χ2n) is 6.44. The van der Waals surface area contributed by atoms with Crippen molar-refractivity contribution < 1.29 is 9.53 Å². The summed E-state index contributed by atoms with van der Waals surface area (Å²) >= 11 is 3.43. The van der Waals surface area contributed by atoms with Crippen LogP contribution in [0.1, 0.15) is 30.7 Å². The zero-order valence-corrected chi connectivity index (χ0v) is 17.3. The van der Waals surface area contributed by atoms with E-state index < -0.39 is 0 Å². The first-order valence-corrected chi connectivity index (χ1v) is 10.00. The highest BCUT2D eigenvalue weighted by atomic mass is 79.9. The van der Waals surface area contributed by atoms with Crippen molar-refractivity contribution in [2.75, 3.05) is 7.11 Å². The molecule has 0 spiro atoms. The van der Waals surface area contributed by atoms with Gasteiger partial charge in [0.25, 0.3) is 0 Å². The van der Waals surface area contributed by atoms with Gasteiger partial charge in [-0.25, -0.2) is 4.98 Å². The molecular formula is C21H23BrN4O2. The maximum absolute atomic E-state index is 12.0. The number of carbonyl (C=O) groups is 1. The summed E-state index contributed by atoms with van der Waals surface area (Å²) < 4.78 is 6.23. The molecule has 6 nitrogen and oxygen atoms in total. The summed E-state index contributed by atoms with van der Waals surface area (Å²) in [6.45, 7) is 0.342. The first-order valence-electron chi connectivity index (χ1n) is 9.21. The van der Waals surface area contributed by atoms with E-state index in [2.05, 4.69) is 48.6 Å². The lowest BCUT2D eigenvalue weighted by atomic mass is 10.1. The second-order valence-corrected chi connectivity index (χ2v) is 7.36. The van der Waals surface area contributed by atoms with Crippen molar-refractivity contribution in [1.29, 1.82) is 0 Å². The molecule has 0 aliphatic carbocycles. The highest BCUT2D eigenvalue weighted by molar-refractivity contribution is 9.10.